The third kappa shape index (κ3) is 5.19. The second-order valence-electron chi connectivity index (χ2n) is 15.3. The third-order valence-corrected chi connectivity index (χ3v) is 12.0. The van der Waals surface area contributed by atoms with Crippen LogP contribution >= 0.6 is 0 Å². The largest absolute Gasteiger partial charge is 0.457 e. The lowest BCUT2D eigenvalue weighted by molar-refractivity contribution is 0.437. The first-order valence-corrected chi connectivity index (χ1v) is 20.2. The van der Waals surface area contributed by atoms with E-state index in [1.807, 2.05) is 60.7 Å². The van der Waals surface area contributed by atoms with Gasteiger partial charge in [0.2, 0.25) is 0 Å². The fourth-order valence-electron chi connectivity index (χ4n) is 9.41. The molecule has 1 spiro atoms. The van der Waals surface area contributed by atoms with Crippen molar-refractivity contribution < 1.29 is 4.74 Å². The maximum Gasteiger partial charge on any atom is 0.164 e. The fraction of sp³-hybridized carbons (Fsp3) is 0.0182. The molecule has 3 heterocycles. The summed E-state index contributed by atoms with van der Waals surface area (Å²) >= 11 is 0. The van der Waals surface area contributed by atoms with Gasteiger partial charge in [-0.05, 0) is 58.1 Å². The molecule has 8 aromatic carbocycles. The standard InChI is InChI=1S/C55H34N4O/c1-3-17-35(18-4-1)52-57-53(36-19-5-2-6-20-36)59-54(58-52)40-24-16-22-38(34-40)37-21-15-23-39(33-37)51-49-41-25-7-9-27-43(41)55(50(49)42-26-8-12-30-46(42)56-51)44-28-10-13-31-47(44)60-48-32-14-11-29-45(48)55/h1-34H. The monoisotopic (exact) mass is 766 g/mol. The van der Waals surface area contributed by atoms with E-state index in [-0.39, 0.29) is 0 Å². The lowest BCUT2D eigenvalue weighted by atomic mass is 9.65. The predicted octanol–water partition coefficient (Wildman–Crippen LogP) is 13.2. The van der Waals surface area contributed by atoms with Crippen molar-refractivity contribution in [1.29, 1.82) is 0 Å². The van der Waals surface area contributed by atoms with Gasteiger partial charge < -0.3 is 4.74 Å². The molecule has 0 saturated heterocycles. The Bertz CT molecular complexity index is 3200. The number of hydrogen-bond donors (Lipinski definition) is 0. The molecular formula is C55H34N4O. The number of para-hydroxylation sites is 3. The summed E-state index contributed by atoms with van der Waals surface area (Å²) in [5, 5.41) is 1.13. The van der Waals surface area contributed by atoms with Crippen LogP contribution in [0.3, 0.4) is 0 Å². The van der Waals surface area contributed by atoms with Gasteiger partial charge in [-0.25, -0.2) is 19.9 Å². The van der Waals surface area contributed by atoms with E-state index >= 15 is 0 Å². The van der Waals surface area contributed by atoms with E-state index in [9.17, 15) is 0 Å². The maximum atomic E-state index is 6.66. The van der Waals surface area contributed by atoms with Crippen LogP contribution in [0.15, 0.2) is 206 Å². The van der Waals surface area contributed by atoms with Crippen LogP contribution in [0.1, 0.15) is 22.3 Å². The summed E-state index contributed by atoms with van der Waals surface area (Å²) < 4.78 is 6.66. The molecule has 0 radical (unpaired) electrons. The second-order valence-corrected chi connectivity index (χ2v) is 15.3. The number of fused-ring (bicyclic) bond motifs is 11. The summed E-state index contributed by atoms with van der Waals surface area (Å²) in [7, 11) is 0. The van der Waals surface area contributed by atoms with Gasteiger partial charge in [-0.2, -0.15) is 0 Å². The molecule has 5 heteroatoms. The molecule has 1 aliphatic carbocycles. The average molecular weight is 767 g/mol. The molecular weight excluding hydrogens is 733 g/mol. The summed E-state index contributed by atoms with van der Waals surface area (Å²) in [4.78, 5) is 20.5. The molecule has 5 nitrogen and oxygen atoms in total. The Morgan fingerprint density at radius 1 is 0.350 bits per heavy atom. The molecule has 0 fully saturated rings. The van der Waals surface area contributed by atoms with Gasteiger partial charge in [0.15, 0.2) is 17.5 Å². The predicted molar refractivity (Wildman–Crippen MR) is 240 cm³/mol. The number of pyridine rings is 1. The summed E-state index contributed by atoms with van der Waals surface area (Å²) in [6.07, 6.45) is 0. The first-order valence-electron chi connectivity index (χ1n) is 20.2. The minimum atomic E-state index is -0.623. The van der Waals surface area contributed by atoms with Crippen molar-refractivity contribution in [3.8, 4) is 79.2 Å². The van der Waals surface area contributed by atoms with Crippen LogP contribution < -0.4 is 4.74 Å². The smallest absolute Gasteiger partial charge is 0.164 e. The van der Waals surface area contributed by atoms with Crippen molar-refractivity contribution in [3.63, 3.8) is 0 Å². The van der Waals surface area contributed by atoms with Gasteiger partial charge in [-0.3, -0.25) is 0 Å². The molecule has 10 aromatic rings. The Balaban J connectivity index is 1.05. The van der Waals surface area contributed by atoms with Gasteiger partial charge in [-0.1, -0.05) is 176 Å². The van der Waals surface area contributed by atoms with E-state index in [1.165, 1.54) is 16.7 Å². The molecule has 0 bridgehead atoms. The Hall–Kier alpha value is -8.02. The summed E-state index contributed by atoms with van der Waals surface area (Å²) in [6, 6.07) is 71.9. The molecule has 0 N–H and O–H groups in total. The highest BCUT2D eigenvalue weighted by molar-refractivity contribution is 6.04. The zero-order valence-electron chi connectivity index (χ0n) is 32.3. The normalized spacial score (nSPS) is 12.9. The van der Waals surface area contributed by atoms with Gasteiger partial charge in [0.25, 0.3) is 0 Å². The van der Waals surface area contributed by atoms with E-state index in [1.54, 1.807) is 0 Å². The second kappa shape index (κ2) is 13.5. The Morgan fingerprint density at radius 2 is 0.817 bits per heavy atom. The maximum absolute atomic E-state index is 6.66. The average Bonchev–Trinajstić information content (AvgIpc) is 3.63. The number of nitrogens with zero attached hydrogens (tertiary/aromatic N) is 4. The molecule has 0 atom stereocenters. The third-order valence-electron chi connectivity index (χ3n) is 12.0. The Kier molecular flexibility index (Phi) is 7.69. The van der Waals surface area contributed by atoms with Crippen molar-refractivity contribution in [2.24, 2.45) is 0 Å². The van der Waals surface area contributed by atoms with E-state index in [0.717, 1.165) is 78.2 Å². The lowest BCUT2D eigenvalue weighted by Gasteiger charge is -2.39. The highest BCUT2D eigenvalue weighted by Gasteiger charge is 2.52. The van der Waals surface area contributed by atoms with Crippen LogP contribution in [0.25, 0.3) is 78.6 Å². The van der Waals surface area contributed by atoms with Crippen molar-refractivity contribution in [1.82, 2.24) is 19.9 Å². The minimum Gasteiger partial charge on any atom is -0.457 e. The molecule has 2 aliphatic rings. The van der Waals surface area contributed by atoms with Crippen LogP contribution in [0.5, 0.6) is 11.5 Å². The van der Waals surface area contributed by atoms with Crippen molar-refractivity contribution in [2.45, 2.75) is 5.41 Å². The van der Waals surface area contributed by atoms with Crippen LogP contribution in [-0.4, -0.2) is 19.9 Å². The van der Waals surface area contributed by atoms with Gasteiger partial charge in [0.1, 0.15) is 11.5 Å². The van der Waals surface area contributed by atoms with Crippen LogP contribution in [0, 0.1) is 0 Å². The van der Waals surface area contributed by atoms with Gasteiger partial charge in [-0.15, -0.1) is 0 Å². The fourth-order valence-corrected chi connectivity index (χ4v) is 9.41. The van der Waals surface area contributed by atoms with Gasteiger partial charge in [0.05, 0.1) is 16.6 Å². The number of aromatic nitrogens is 4. The summed E-state index contributed by atoms with van der Waals surface area (Å²) in [6.45, 7) is 0. The summed E-state index contributed by atoms with van der Waals surface area (Å²) in [5.41, 5.74) is 14.3. The first kappa shape index (κ1) is 34.1. The van der Waals surface area contributed by atoms with Crippen LogP contribution in [0.4, 0.5) is 0 Å². The molecule has 1 aliphatic heterocycles. The molecule has 60 heavy (non-hydrogen) atoms. The molecule has 2 aromatic heterocycles. The quantitative estimate of drug-likeness (QED) is 0.175. The van der Waals surface area contributed by atoms with Crippen molar-refractivity contribution >= 4 is 10.9 Å². The number of benzene rings is 8. The van der Waals surface area contributed by atoms with Gasteiger partial charge >= 0.3 is 0 Å². The topological polar surface area (TPSA) is 60.8 Å². The van der Waals surface area contributed by atoms with E-state index in [4.69, 9.17) is 24.7 Å². The van der Waals surface area contributed by atoms with Crippen molar-refractivity contribution in [3.05, 3.63) is 229 Å². The highest BCUT2D eigenvalue weighted by atomic mass is 16.5. The lowest BCUT2D eigenvalue weighted by Crippen LogP contribution is -2.32. The van der Waals surface area contributed by atoms with Crippen LogP contribution in [0.2, 0.25) is 0 Å². The summed E-state index contributed by atoms with van der Waals surface area (Å²) in [5.74, 6) is 3.63. The number of ether oxygens (including phenoxy) is 1. The number of hydrogen-bond acceptors (Lipinski definition) is 5. The Morgan fingerprint density at radius 3 is 1.47 bits per heavy atom. The molecule has 0 unspecified atom stereocenters. The minimum absolute atomic E-state index is 0.619. The molecule has 0 saturated carbocycles. The molecule has 280 valence electrons. The zero-order valence-corrected chi connectivity index (χ0v) is 32.3. The molecule has 0 amide bonds. The first-order chi connectivity index (χ1) is 29.7. The van der Waals surface area contributed by atoms with Gasteiger partial charge in [0, 0.05) is 44.3 Å². The van der Waals surface area contributed by atoms with Crippen molar-refractivity contribution in [2.75, 3.05) is 0 Å². The SMILES string of the molecule is c1ccc(-c2nc(-c3ccccc3)nc(-c3cccc(-c4cccc(-c5nc6ccccc6c6c5-c5ccccc5C65c6ccccc6Oc6ccccc65)c4)c3)n2)cc1. The highest BCUT2D eigenvalue weighted by Crippen LogP contribution is 2.64. The Labute approximate surface area is 347 Å². The zero-order chi connectivity index (χ0) is 39.6. The van der Waals surface area contributed by atoms with Crippen LogP contribution in [-0.2, 0) is 5.41 Å². The number of rotatable bonds is 5. The molecule has 12 rings (SSSR count). The van der Waals surface area contributed by atoms with E-state index < -0.39 is 5.41 Å². The van der Waals surface area contributed by atoms with E-state index in [2.05, 4.69) is 146 Å². The van der Waals surface area contributed by atoms with E-state index in [0.29, 0.717) is 17.5 Å².